The molecule has 2 N–H and O–H groups in total. The molecule has 0 saturated heterocycles. The monoisotopic (exact) mass is 494 g/mol. The fourth-order valence-corrected chi connectivity index (χ4v) is 4.65. The molecule has 0 amide bonds. The SMILES string of the molecule is CN(CCO)c1nc(O)c(C(Cc2ccc(Cl)cc2C(F)(F)F)=c2ccc3c(c2)C=NN=3)s1. The van der Waals surface area contributed by atoms with Gasteiger partial charge in [0.05, 0.1) is 28.6 Å². The van der Waals surface area contributed by atoms with Crippen molar-refractivity contribution >= 4 is 39.9 Å². The molecule has 6 nitrogen and oxygen atoms in total. The summed E-state index contributed by atoms with van der Waals surface area (Å²) in [6.45, 7) is 0.171. The maximum absolute atomic E-state index is 13.8. The summed E-state index contributed by atoms with van der Waals surface area (Å²) in [7, 11) is 1.70. The second-order valence-corrected chi connectivity index (χ2v) is 8.78. The first-order valence-corrected chi connectivity index (χ1v) is 11.0. The number of aliphatic hydroxyl groups is 1. The smallest absolute Gasteiger partial charge is 0.416 e. The minimum absolute atomic E-state index is 0.0128. The van der Waals surface area contributed by atoms with Gasteiger partial charge in [0, 0.05) is 30.6 Å². The Kier molecular flexibility index (Phi) is 6.42. The van der Waals surface area contributed by atoms with E-state index in [0.29, 0.717) is 26.2 Å². The van der Waals surface area contributed by atoms with Crippen LogP contribution in [0.3, 0.4) is 0 Å². The van der Waals surface area contributed by atoms with Gasteiger partial charge >= 0.3 is 6.18 Å². The highest BCUT2D eigenvalue weighted by molar-refractivity contribution is 7.17. The lowest BCUT2D eigenvalue weighted by atomic mass is 9.96. The molecule has 0 spiro atoms. The van der Waals surface area contributed by atoms with Crippen molar-refractivity contribution in [3.8, 4) is 5.88 Å². The predicted molar refractivity (Wildman–Crippen MR) is 122 cm³/mol. The first-order valence-electron chi connectivity index (χ1n) is 9.79. The molecular weight excluding hydrogens is 477 g/mol. The van der Waals surface area contributed by atoms with Gasteiger partial charge in [-0.2, -0.15) is 28.4 Å². The lowest BCUT2D eigenvalue weighted by Gasteiger charge is -2.15. The van der Waals surface area contributed by atoms with Crippen molar-refractivity contribution in [2.24, 2.45) is 10.2 Å². The largest absolute Gasteiger partial charge is 0.492 e. The van der Waals surface area contributed by atoms with Crippen molar-refractivity contribution in [1.29, 1.82) is 0 Å². The Hall–Kier alpha value is -2.95. The maximum atomic E-state index is 13.8. The summed E-state index contributed by atoms with van der Waals surface area (Å²) in [6, 6.07) is 8.86. The van der Waals surface area contributed by atoms with Crippen LogP contribution in [-0.2, 0) is 12.6 Å². The third-order valence-electron chi connectivity index (χ3n) is 5.12. The lowest BCUT2D eigenvalue weighted by molar-refractivity contribution is -0.138. The number of fused-ring (bicyclic) bond motifs is 1. The standard InChI is InChI=1S/C22H18ClF3N4O2S/c1-30(6-7-31)21-28-20(32)19(33-21)16(12-3-5-18-14(8-12)11-27-29-18)9-13-2-4-15(23)10-17(13)22(24,25)26/h2-5,8,10-11,31-32H,6-7,9H2,1H3. The van der Waals surface area contributed by atoms with Gasteiger partial charge in [0.15, 0.2) is 5.13 Å². The number of aromatic hydroxyl groups is 1. The van der Waals surface area contributed by atoms with Crippen molar-refractivity contribution in [3.05, 3.63) is 73.6 Å². The number of alkyl halides is 3. The first kappa shape index (κ1) is 23.2. The molecule has 0 fully saturated rings. The van der Waals surface area contributed by atoms with Gasteiger partial charge in [0.1, 0.15) is 0 Å². The molecular formula is C22H18ClF3N4O2S. The van der Waals surface area contributed by atoms with Crippen molar-refractivity contribution in [2.45, 2.75) is 12.6 Å². The van der Waals surface area contributed by atoms with Gasteiger partial charge in [-0.3, -0.25) is 0 Å². The van der Waals surface area contributed by atoms with Gasteiger partial charge < -0.3 is 15.1 Å². The normalized spacial score (nSPS) is 13.6. The van der Waals surface area contributed by atoms with E-state index < -0.39 is 11.7 Å². The van der Waals surface area contributed by atoms with Crippen LogP contribution in [-0.4, -0.2) is 41.6 Å². The molecule has 3 aromatic rings. The molecule has 1 aromatic heterocycles. The first-order chi connectivity index (χ1) is 15.7. The van der Waals surface area contributed by atoms with E-state index >= 15 is 0 Å². The number of benzene rings is 2. The number of likely N-dealkylation sites (N-methyl/N-ethyl adjacent to an activating group) is 1. The Labute approximate surface area is 195 Å². The van der Waals surface area contributed by atoms with Gasteiger partial charge in [-0.25, -0.2) is 0 Å². The zero-order valence-corrected chi connectivity index (χ0v) is 18.8. The van der Waals surface area contributed by atoms with Crippen LogP contribution in [0.15, 0.2) is 46.6 Å². The molecule has 0 bridgehead atoms. The molecule has 0 aliphatic carbocycles. The molecule has 4 rings (SSSR count). The van der Waals surface area contributed by atoms with Crippen LogP contribution in [0.25, 0.3) is 5.57 Å². The van der Waals surface area contributed by atoms with Gasteiger partial charge in [-0.15, -0.1) is 0 Å². The number of hydrogen-bond donors (Lipinski definition) is 2. The molecule has 0 unspecified atom stereocenters. The maximum Gasteiger partial charge on any atom is 0.416 e. The van der Waals surface area contributed by atoms with Crippen LogP contribution in [0, 0.1) is 0 Å². The van der Waals surface area contributed by atoms with Crippen molar-refractivity contribution in [3.63, 3.8) is 0 Å². The summed E-state index contributed by atoms with van der Waals surface area (Å²) < 4.78 is 41.3. The molecule has 172 valence electrons. The number of aromatic nitrogens is 1. The summed E-state index contributed by atoms with van der Waals surface area (Å²) in [4.78, 5) is 6.15. The lowest BCUT2D eigenvalue weighted by Crippen LogP contribution is -2.20. The molecule has 1 aliphatic rings. The Morgan fingerprint density at radius 3 is 2.70 bits per heavy atom. The predicted octanol–water partition coefficient (Wildman–Crippen LogP) is 3.36. The van der Waals surface area contributed by atoms with Crippen LogP contribution in [0.4, 0.5) is 18.3 Å². The minimum atomic E-state index is -4.60. The van der Waals surface area contributed by atoms with Crippen molar-refractivity contribution in [1.82, 2.24) is 4.98 Å². The molecule has 2 aromatic carbocycles. The highest BCUT2D eigenvalue weighted by Gasteiger charge is 2.34. The van der Waals surface area contributed by atoms with Gasteiger partial charge in [-0.05, 0) is 40.6 Å². The molecule has 0 atom stereocenters. The summed E-state index contributed by atoms with van der Waals surface area (Å²) in [6.07, 6.45) is -3.16. The fraction of sp³-hybridized carbons (Fsp3) is 0.227. The number of rotatable bonds is 6. The van der Waals surface area contributed by atoms with Crippen LogP contribution in [0.5, 0.6) is 5.88 Å². The number of aliphatic hydroxyl groups excluding tert-OH is 1. The summed E-state index contributed by atoms with van der Waals surface area (Å²) in [5, 5.41) is 29.4. The quantitative estimate of drug-likeness (QED) is 0.550. The van der Waals surface area contributed by atoms with E-state index in [0.717, 1.165) is 23.0 Å². The Morgan fingerprint density at radius 2 is 1.97 bits per heavy atom. The number of thiazole rings is 1. The summed E-state index contributed by atoms with van der Waals surface area (Å²) >= 11 is 6.98. The average Bonchev–Trinajstić information content (AvgIpc) is 3.38. The van der Waals surface area contributed by atoms with E-state index in [2.05, 4.69) is 15.2 Å². The fourth-order valence-electron chi connectivity index (χ4n) is 3.47. The van der Waals surface area contributed by atoms with E-state index in [1.807, 2.05) is 0 Å². The Bertz CT molecular complexity index is 1350. The Morgan fingerprint density at radius 1 is 1.18 bits per heavy atom. The number of halogens is 4. The summed E-state index contributed by atoms with van der Waals surface area (Å²) in [5.41, 5.74) is 0.356. The Balaban J connectivity index is 1.92. The van der Waals surface area contributed by atoms with Crippen molar-refractivity contribution in [2.75, 3.05) is 25.1 Å². The molecule has 1 aliphatic heterocycles. The average molecular weight is 495 g/mol. The summed E-state index contributed by atoms with van der Waals surface area (Å²) in [5.74, 6) is -0.295. The van der Waals surface area contributed by atoms with Crippen LogP contribution in [0.1, 0.15) is 21.6 Å². The van der Waals surface area contributed by atoms with E-state index in [4.69, 9.17) is 11.6 Å². The molecule has 0 saturated carbocycles. The van der Waals surface area contributed by atoms with E-state index in [-0.39, 0.29) is 36.0 Å². The number of hydrogen-bond acceptors (Lipinski definition) is 7. The van der Waals surface area contributed by atoms with E-state index in [1.54, 1.807) is 36.4 Å². The molecule has 2 heterocycles. The highest BCUT2D eigenvalue weighted by atomic mass is 35.5. The van der Waals surface area contributed by atoms with Crippen molar-refractivity contribution < 1.29 is 23.4 Å². The topological polar surface area (TPSA) is 81.3 Å². The second-order valence-electron chi connectivity index (χ2n) is 7.37. The number of nitrogens with zero attached hydrogens (tertiary/aromatic N) is 4. The van der Waals surface area contributed by atoms with Crippen LogP contribution >= 0.6 is 22.9 Å². The van der Waals surface area contributed by atoms with E-state index in [9.17, 15) is 23.4 Å². The van der Waals surface area contributed by atoms with Gasteiger partial charge in [-0.1, -0.05) is 35.1 Å². The zero-order chi connectivity index (χ0) is 23.8. The van der Waals surface area contributed by atoms with E-state index in [1.165, 1.54) is 12.1 Å². The third-order valence-corrected chi connectivity index (χ3v) is 6.57. The zero-order valence-electron chi connectivity index (χ0n) is 17.3. The van der Waals surface area contributed by atoms with Crippen LogP contribution < -0.4 is 15.5 Å². The molecule has 33 heavy (non-hydrogen) atoms. The molecule has 11 heteroatoms. The number of anilines is 1. The second kappa shape index (κ2) is 9.12. The van der Waals surface area contributed by atoms with Gasteiger partial charge in [0.25, 0.3) is 0 Å². The van der Waals surface area contributed by atoms with Gasteiger partial charge in [0.2, 0.25) is 5.88 Å². The molecule has 0 radical (unpaired) electrons. The highest BCUT2D eigenvalue weighted by Crippen LogP contribution is 2.39. The van der Waals surface area contributed by atoms with Crippen LogP contribution in [0.2, 0.25) is 5.02 Å². The minimum Gasteiger partial charge on any atom is -0.492 e. The third kappa shape index (κ3) is 4.87.